The molecule has 0 radical (unpaired) electrons. The lowest BCUT2D eigenvalue weighted by Gasteiger charge is -2.21. The van der Waals surface area contributed by atoms with Gasteiger partial charge in [0.25, 0.3) is 15.8 Å². The monoisotopic (exact) mass is 350 g/mol. The van der Waals surface area contributed by atoms with E-state index in [0.29, 0.717) is 24.7 Å². The van der Waals surface area contributed by atoms with Crippen LogP contribution in [0.15, 0.2) is 47.5 Å². The number of aromatic amines is 1. The number of nitrogens with zero attached hydrogens (tertiary/aromatic N) is 1. The van der Waals surface area contributed by atoms with Gasteiger partial charge in [-0.3, -0.25) is 9.62 Å². The highest BCUT2D eigenvalue weighted by Gasteiger charge is 2.20. The molecule has 1 saturated heterocycles. The van der Waals surface area contributed by atoms with Crippen molar-refractivity contribution in [2.75, 3.05) is 43.0 Å². The lowest BCUT2D eigenvalue weighted by Crippen LogP contribution is -2.39. The Hall–Kier alpha value is -2.32. The van der Waals surface area contributed by atoms with Crippen LogP contribution in [-0.2, 0) is 14.8 Å². The van der Waals surface area contributed by atoms with Gasteiger partial charge in [0, 0.05) is 6.07 Å². The number of aromatic nitrogens is 1. The number of morpholine rings is 1. The largest absolute Gasteiger partial charge is 0.497 e. The van der Waals surface area contributed by atoms with Crippen LogP contribution in [0.3, 0.4) is 0 Å². The summed E-state index contributed by atoms with van der Waals surface area (Å²) in [4.78, 5) is 5.46. The van der Waals surface area contributed by atoms with E-state index in [9.17, 15) is 8.42 Å². The number of nitrogens with one attached hydrogen (secondary N) is 2. The number of rotatable bonds is 5. The zero-order valence-corrected chi connectivity index (χ0v) is 14.2. The van der Waals surface area contributed by atoms with Crippen molar-refractivity contribution in [1.82, 2.24) is 0 Å². The number of ether oxygens (including phenoxy) is 2. The average Bonchev–Trinajstić information content (AvgIpc) is 2.63. The van der Waals surface area contributed by atoms with Crippen LogP contribution in [0.4, 0.5) is 11.5 Å². The Labute approximate surface area is 141 Å². The highest BCUT2D eigenvalue weighted by atomic mass is 32.2. The maximum atomic E-state index is 12.4. The van der Waals surface area contributed by atoms with Gasteiger partial charge in [0.1, 0.15) is 25.0 Å². The molecule has 1 aromatic heterocycles. The van der Waals surface area contributed by atoms with Gasteiger partial charge in [0.2, 0.25) is 0 Å². The molecule has 1 aliphatic heterocycles. The van der Waals surface area contributed by atoms with Crippen LogP contribution >= 0.6 is 0 Å². The van der Waals surface area contributed by atoms with E-state index in [-0.39, 0.29) is 4.90 Å². The first-order chi connectivity index (χ1) is 11.6. The van der Waals surface area contributed by atoms with Crippen LogP contribution in [0.5, 0.6) is 5.75 Å². The molecule has 0 atom stereocenters. The maximum Gasteiger partial charge on any atom is 0.274 e. The Morgan fingerprint density at radius 2 is 1.83 bits per heavy atom. The topological polar surface area (TPSA) is 82.0 Å². The van der Waals surface area contributed by atoms with E-state index in [1.54, 1.807) is 24.4 Å². The number of hydrogen-bond donors (Lipinski definition) is 1. The molecule has 0 bridgehead atoms. The van der Waals surface area contributed by atoms with Gasteiger partial charge in [-0.2, -0.15) is 0 Å². The molecule has 1 aromatic carbocycles. The third kappa shape index (κ3) is 3.77. The molecule has 0 aliphatic carbocycles. The molecule has 128 valence electrons. The normalized spacial score (nSPS) is 15.1. The van der Waals surface area contributed by atoms with Crippen molar-refractivity contribution in [1.29, 1.82) is 0 Å². The highest BCUT2D eigenvalue weighted by molar-refractivity contribution is 7.92. The molecule has 0 unspecified atom stereocenters. The van der Waals surface area contributed by atoms with E-state index < -0.39 is 10.0 Å². The molecular formula is C16H20N3O4S+. The summed E-state index contributed by atoms with van der Waals surface area (Å²) in [5.41, 5.74) is 0.475. The summed E-state index contributed by atoms with van der Waals surface area (Å²) in [5, 5.41) is 0. The van der Waals surface area contributed by atoms with E-state index in [4.69, 9.17) is 9.47 Å². The number of pyridine rings is 1. The van der Waals surface area contributed by atoms with Crippen molar-refractivity contribution in [3.05, 3.63) is 42.6 Å². The molecule has 0 amide bonds. The number of benzene rings is 1. The van der Waals surface area contributed by atoms with Crippen LogP contribution in [0.1, 0.15) is 0 Å². The smallest absolute Gasteiger partial charge is 0.274 e. The average molecular weight is 350 g/mol. The first-order valence-corrected chi connectivity index (χ1v) is 9.08. The molecule has 24 heavy (non-hydrogen) atoms. The van der Waals surface area contributed by atoms with Gasteiger partial charge in [0.15, 0.2) is 0 Å². The van der Waals surface area contributed by atoms with Gasteiger partial charge < -0.3 is 9.47 Å². The Morgan fingerprint density at radius 3 is 2.42 bits per heavy atom. The third-order valence-electron chi connectivity index (χ3n) is 3.77. The van der Waals surface area contributed by atoms with Gasteiger partial charge in [-0.05, 0) is 30.3 Å². The first kappa shape index (κ1) is 16.5. The van der Waals surface area contributed by atoms with Crippen molar-refractivity contribution in [2.45, 2.75) is 4.90 Å². The fourth-order valence-electron chi connectivity index (χ4n) is 2.45. The number of hydrogen-bond acceptors (Lipinski definition) is 5. The molecule has 0 saturated carbocycles. The molecule has 3 rings (SSSR count). The van der Waals surface area contributed by atoms with Crippen molar-refractivity contribution >= 4 is 21.5 Å². The summed E-state index contributed by atoms with van der Waals surface area (Å²) in [6.45, 7) is 3.01. The molecule has 2 N–H and O–H groups in total. The van der Waals surface area contributed by atoms with Gasteiger partial charge in [-0.25, -0.2) is 13.4 Å². The Balaban J connectivity index is 1.72. The summed E-state index contributed by atoms with van der Waals surface area (Å²) < 4.78 is 37.7. The van der Waals surface area contributed by atoms with Crippen molar-refractivity contribution in [3.8, 4) is 5.75 Å². The molecule has 1 fully saturated rings. The first-order valence-electron chi connectivity index (χ1n) is 7.60. The number of anilines is 2. The van der Waals surface area contributed by atoms with E-state index in [0.717, 1.165) is 18.9 Å². The van der Waals surface area contributed by atoms with E-state index in [2.05, 4.69) is 14.6 Å². The summed E-state index contributed by atoms with van der Waals surface area (Å²) in [7, 11) is -2.10. The van der Waals surface area contributed by atoms with Gasteiger partial charge in [-0.15, -0.1) is 0 Å². The van der Waals surface area contributed by atoms with Crippen LogP contribution in [-0.4, -0.2) is 41.8 Å². The predicted octanol–water partition coefficient (Wildman–Crippen LogP) is 1.15. The molecule has 2 heterocycles. The van der Waals surface area contributed by atoms with Crippen molar-refractivity contribution in [2.24, 2.45) is 0 Å². The lowest BCUT2D eigenvalue weighted by molar-refractivity contribution is -0.363. The Morgan fingerprint density at radius 1 is 1.12 bits per heavy atom. The second kappa shape index (κ2) is 7.06. The number of sulfonamides is 1. The minimum Gasteiger partial charge on any atom is -0.497 e. The number of methoxy groups -OCH3 is 1. The van der Waals surface area contributed by atoms with Crippen LogP contribution in [0.25, 0.3) is 0 Å². The second-order valence-corrected chi connectivity index (χ2v) is 7.03. The molecule has 0 spiro atoms. The summed E-state index contributed by atoms with van der Waals surface area (Å²) in [6, 6.07) is 9.84. The zero-order valence-electron chi connectivity index (χ0n) is 13.4. The SMILES string of the molecule is COc1ccc(S(=O)(=O)Nc2ccc(N3CCOCC3)[nH+]c2)cc1. The van der Waals surface area contributed by atoms with Crippen LogP contribution in [0, 0.1) is 0 Å². The molecule has 2 aromatic rings. The van der Waals surface area contributed by atoms with Gasteiger partial charge in [-0.1, -0.05) is 0 Å². The fraction of sp³-hybridized carbons (Fsp3) is 0.312. The maximum absolute atomic E-state index is 12.4. The molecule has 7 nitrogen and oxygen atoms in total. The summed E-state index contributed by atoms with van der Waals surface area (Å²) >= 11 is 0. The van der Waals surface area contributed by atoms with E-state index >= 15 is 0 Å². The van der Waals surface area contributed by atoms with E-state index in [1.807, 2.05) is 6.07 Å². The van der Waals surface area contributed by atoms with E-state index in [1.165, 1.54) is 19.2 Å². The highest BCUT2D eigenvalue weighted by Crippen LogP contribution is 2.19. The Bertz CT molecular complexity index is 770. The zero-order chi connectivity index (χ0) is 17.0. The van der Waals surface area contributed by atoms with Crippen molar-refractivity contribution < 1.29 is 22.9 Å². The third-order valence-corrected chi connectivity index (χ3v) is 5.17. The molecular weight excluding hydrogens is 330 g/mol. The molecule has 8 heteroatoms. The van der Waals surface area contributed by atoms with Gasteiger partial charge >= 0.3 is 0 Å². The summed E-state index contributed by atoms with van der Waals surface area (Å²) in [6.07, 6.45) is 1.64. The minimum atomic E-state index is -3.64. The quantitative estimate of drug-likeness (QED) is 0.875. The van der Waals surface area contributed by atoms with Crippen LogP contribution < -0.4 is 19.3 Å². The number of H-pyrrole nitrogens is 1. The fourth-order valence-corrected chi connectivity index (χ4v) is 3.50. The molecule has 1 aliphatic rings. The second-order valence-electron chi connectivity index (χ2n) is 5.34. The van der Waals surface area contributed by atoms with Crippen LogP contribution in [0.2, 0.25) is 0 Å². The van der Waals surface area contributed by atoms with Crippen molar-refractivity contribution in [3.63, 3.8) is 0 Å². The standard InChI is InChI=1S/C16H19N3O4S/c1-22-14-3-5-15(6-4-14)24(20,21)18-13-2-7-16(17-12-13)19-8-10-23-11-9-19/h2-7,12,18H,8-11H2,1H3/p+1. The summed E-state index contributed by atoms with van der Waals surface area (Å²) in [5.74, 6) is 1.54. The Kier molecular flexibility index (Phi) is 4.86. The lowest BCUT2D eigenvalue weighted by atomic mass is 10.3. The minimum absolute atomic E-state index is 0.181. The predicted molar refractivity (Wildman–Crippen MR) is 89.8 cm³/mol. The van der Waals surface area contributed by atoms with Gasteiger partial charge in [0.05, 0.1) is 30.9 Å².